The average Bonchev–Trinajstić information content (AvgIpc) is 1.12. The summed E-state index contributed by atoms with van der Waals surface area (Å²) in [6.45, 7) is 0. The van der Waals surface area contributed by atoms with Gasteiger partial charge in [0.15, 0.2) is 0 Å². The van der Waals surface area contributed by atoms with Gasteiger partial charge in [-0.2, -0.15) is 0 Å². The van der Waals surface area contributed by atoms with Gasteiger partial charge in [-0.3, -0.25) is 13.0 Å². The molecule has 1 N–H and O–H groups in total. The topological polar surface area (TPSA) is 158 Å². The maximum Gasteiger partial charge on any atom is 2.00 e. The van der Waals surface area contributed by atoms with E-state index in [0.29, 0.717) is 0 Å². The Bertz CT molecular complexity index is 213. The van der Waals surface area contributed by atoms with Crippen molar-refractivity contribution in [3.63, 3.8) is 0 Å². The first-order chi connectivity index (χ1) is 4.00. The van der Waals surface area contributed by atoms with Crippen LogP contribution in [0.25, 0.3) is 0 Å². The Morgan fingerprint density at radius 3 is 0.917 bits per heavy atom. The van der Waals surface area contributed by atoms with Gasteiger partial charge in [0.1, 0.15) is 0 Å². The standard InChI is InChI=1S/Ca.Na.2H2O4S/c;;2*1-5(2,3)4/h;;2*(H2,1,2,3,4)/q+2;+1;;/p-3. The van der Waals surface area contributed by atoms with Crippen molar-refractivity contribution in [3.05, 3.63) is 0 Å². The quantitative estimate of drug-likeness (QED) is 0.255. The largest absolute Gasteiger partial charge is 2.00 e. The van der Waals surface area contributed by atoms with Crippen LogP contribution >= 0.6 is 0 Å². The summed E-state index contributed by atoms with van der Waals surface area (Å²) in [4.78, 5) is 0. The number of hydrogen-bond donors (Lipinski definition) is 1. The molecular formula is HCaNaO8S2. The van der Waals surface area contributed by atoms with Crippen LogP contribution in [0.1, 0.15) is 0 Å². The van der Waals surface area contributed by atoms with E-state index >= 15 is 0 Å². The molecule has 0 aromatic heterocycles. The molecule has 12 heteroatoms. The minimum absolute atomic E-state index is 0. The Kier molecular flexibility index (Phi) is 18.8. The van der Waals surface area contributed by atoms with Crippen LogP contribution in [0.3, 0.4) is 0 Å². The molecule has 0 aliphatic rings. The molecule has 0 aliphatic heterocycles. The molecule has 0 spiro atoms. The summed E-state index contributed by atoms with van der Waals surface area (Å²) in [7, 11) is -10.1. The summed E-state index contributed by atoms with van der Waals surface area (Å²) >= 11 is 0. The van der Waals surface area contributed by atoms with Gasteiger partial charge in [-0.15, -0.1) is 0 Å². The molecule has 0 saturated carbocycles. The van der Waals surface area contributed by atoms with E-state index < -0.39 is 20.8 Å². The van der Waals surface area contributed by atoms with E-state index in [4.69, 9.17) is 35.0 Å². The first-order valence-corrected chi connectivity index (χ1v) is 4.05. The van der Waals surface area contributed by atoms with Crippen LogP contribution in [0.5, 0.6) is 0 Å². The Balaban J connectivity index is -0.0000000457. The number of hydrogen-bond acceptors (Lipinski definition) is 7. The summed E-state index contributed by atoms with van der Waals surface area (Å²) in [6, 6.07) is 0. The third-order valence-corrected chi connectivity index (χ3v) is 0. The zero-order valence-corrected chi connectivity index (χ0v) is 11.7. The molecule has 0 amide bonds. The normalized spacial score (nSPS) is 9.67. The van der Waals surface area contributed by atoms with Crippen LogP contribution in [0.4, 0.5) is 0 Å². The van der Waals surface area contributed by atoms with Crippen molar-refractivity contribution in [3.8, 4) is 0 Å². The Labute approximate surface area is 121 Å². The summed E-state index contributed by atoms with van der Waals surface area (Å²) < 4.78 is 66.9. The summed E-state index contributed by atoms with van der Waals surface area (Å²) in [5.41, 5.74) is 0. The fourth-order valence-electron chi connectivity index (χ4n) is 0. The molecule has 8 nitrogen and oxygen atoms in total. The molecular weight excluding hydrogens is 255 g/mol. The fourth-order valence-corrected chi connectivity index (χ4v) is 0. The summed E-state index contributed by atoms with van der Waals surface area (Å²) in [5.74, 6) is 0. The van der Waals surface area contributed by atoms with Crippen molar-refractivity contribution in [2.75, 3.05) is 0 Å². The SMILES string of the molecule is O=S(=O)([O-])O.O=S(=O)([O-])[O-].[Ca+2].[Na+]. The van der Waals surface area contributed by atoms with Crippen LogP contribution in [-0.4, -0.2) is 72.8 Å². The molecule has 0 saturated heterocycles. The molecule has 0 bridgehead atoms. The average molecular weight is 256 g/mol. The Morgan fingerprint density at radius 2 is 0.917 bits per heavy atom. The first-order valence-electron chi connectivity index (χ1n) is 1.35. The van der Waals surface area contributed by atoms with Gasteiger partial charge in [0.2, 0.25) is 10.4 Å². The van der Waals surface area contributed by atoms with Crippen LogP contribution in [0, 0.1) is 0 Å². The van der Waals surface area contributed by atoms with E-state index in [2.05, 4.69) is 0 Å². The number of rotatable bonds is 0. The van der Waals surface area contributed by atoms with Crippen molar-refractivity contribution in [2.45, 2.75) is 0 Å². The van der Waals surface area contributed by atoms with E-state index in [0.717, 1.165) is 0 Å². The second-order valence-corrected chi connectivity index (χ2v) is 2.51. The van der Waals surface area contributed by atoms with Gasteiger partial charge >= 0.3 is 67.3 Å². The van der Waals surface area contributed by atoms with E-state index in [1.165, 1.54) is 0 Å². The van der Waals surface area contributed by atoms with E-state index in [1.54, 1.807) is 0 Å². The molecule has 0 radical (unpaired) electrons. The van der Waals surface area contributed by atoms with E-state index in [-0.39, 0.29) is 67.3 Å². The van der Waals surface area contributed by atoms with E-state index in [1.807, 2.05) is 0 Å². The minimum atomic E-state index is -5.17. The summed E-state index contributed by atoms with van der Waals surface area (Å²) in [5, 5.41) is 0. The minimum Gasteiger partial charge on any atom is -0.759 e. The Morgan fingerprint density at radius 1 is 0.917 bits per heavy atom. The van der Waals surface area contributed by atoms with Gasteiger partial charge in [0.05, 0.1) is 0 Å². The predicted molar refractivity (Wildman–Crippen MR) is 28.6 cm³/mol. The van der Waals surface area contributed by atoms with Crippen molar-refractivity contribution < 1.29 is 64.6 Å². The zero-order chi connectivity index (χ0) is 9.00. The third-order valence-electron chi connectivity index (χ3n) is 0. The van der Waals surface area contributed by atoms with Gasteiger partial charge in [-0.1, -0.05) is 0 Å². The van der Waals surface area contributed by atoms with Crippen LogP contribution in [0.15, 0.2) is 0 Å². The molecule has 0 rings (SSSR count). The molecule has 64 valence electrons. The maximum atomic E-state index is 8.63. The Hall–Kier alpha value is 2.00. The smallest absolute Gasteiger partial charge is 0.759 e. The molecule has 12 heavy (non-hydrogen) atoms. The molecule has 0 aliphatic carbocycles. The van der Waals surface area contributed by atoms with Gasteiger partial charge in [-0.05, 0) is 0 Å². The van der Waals surface area contributed by atoms with Gasteiger partial charge in [-0.25, -0.2) is 8.42 Å². The van der Waals surface area contributed by atoms with Gasteiger partial charge < -0.3 is 13.7 Å². The van der Waals surface area contributed by atoms with Crippen LogP contribution in [0.2, 0.25) is 0 Å². The van der Waals surface area contributed by atoms with Crippen molar-refractivity contribution in [1.29, 1.82) is 0 Å². The van der Waals surface area contributed by atoms with Crippen molar-refractivity contribution in [2.24, 2.45) is 0 Å². The molecule has 0 aromatic carbocycles. The summed E-state index contributed by atoms with van der Waals surface area (Å²) in [6.07, 6.45) is 0. The fraction of sp³-hybridized carbons (Fsp3) is 0. The van der Waals surface area contributed by atoms with E-state index in [9.17, 15) is 0 Å². The van der Waals surface area contributed by atoms with Crippen molar-refractivity contribution in [1.82, 2.24) is 0 Å². The van der Waals surface area contributed by atoms with Crippen LogP contribution in [-0.2, 0) is 20.8 Å². The first kappa shape index (κ1) is 23.7. The molecule has 0 fully saturated rings. The van der Waals surface area contributed by atoms with Crippen molar-refractivity contribution >= 4 is 58.5 Å². The third kappa shape index (κ3) is 363. The second-order valence-electron chi connectivity index (χ2n) is 0.836. The second kappa shape index (κ2) is 9.55. The monoisotopic (exact) mass is 256 g/mol. The van der Waals surface area contributed by atoms with Crippen LogP contribution < -0.4 is 29.6 Å². The van der Waals surface area contributed by atoms with Gasteiger partial charge in [0.25, 0.3) is 0 Å². The maximum absolute atomic E-state index is 8.63. The molecule has 0 heterocycles. The molecule has 0 unspecified atom stereocenters. The van der Waals surface area contributed by atoms with Gasteiger partial charge in [0, 0.05) is 10.4 Å². The predicted octanol–water partition coefficient (Wildman–Crippen LogP) is -5.71. The zero-order valence-electron chi connectivity index (χ0n) is 5.83. The molecule has 0 aromatic rings. The molecule has 0 atom stereocenters.